The lowest BCUT2D eigenvalue weighted by atomic mass is 10.1. The topological polar surface area (TPSA) is 84.2 Å². The molecule has 0 N–H and O–H groups in total. The van der Waals surface area contributed by atoms with Crippen LogP contribution in [0.2, 0.25) is 0 Å². The quantitative estimate of drug-likeness (QED) is 0.308. The Labute approximate surface area is 227 Å². The highest BCUT2D eigenvalue weighted by Crippen LogP contribution is 2.29. The Kier molecular flexibility index (Phi) is 7.93. The van der Waals surface area contributed by atoms with Gasteiger partial charge in [-0.25, -0.2) is 4.98 Å². The second-order valence-corrected chi connectivity index (χ2v) is 11.0. The fourth-order valence-electron chi connectivity index (χ4n) is 5.09. The summed E-state index contributed by atoms with van der Waals surface area (Å²) in [5.41, 5.74) is 4.94. The van der Waals surface area contributed by atoms with Gasteiger partial charge in [0, 0.05) is 44.0 Å². The molecule has 0 radical (unpaired) electrons. The number of nitrogens with zero attached hydrogens (tertiary/aromatic N) is 6. The van der Waals surface area contributed by atoms with E-state index < -0.39 is 0 Å². The zero-order valence-corrected chi connectivity index (χ0v) is 23.1. The molecule has 1 atom stereocenters. The maximum atomic E-state index is 13.0. The Hall–Kier alpha value is -3.46. The van der Waals surface area contributed by atoms with E-state index in [1.165, 1.54) is 17.3 Å². The molecule has 1 aliphatic rings. The van der Waals surface area contributed by atoms with Crippen molar-refractivity contribution in [2.24, 2.45) is 0 Å². The van der Waals surface area contributed by atoms with E-state index in [1.54, 1.807) is 0 Å². The molecule has 5 rings (SSSR count). The predicted molar refractivity (Wildman–Crippen MR) is 151 cm³/mol. The number of unbranched alkanes of at least 4 members (excludes halogenated alkanes) is 1. The molecule has 1 aliphatic heterocycles. The Morgan fingerprint density at radius 2 is 1.87 bits per heavy atom. The van der Waals surface area contributed by atoms with Crippen molar-refractivity contribution in [2.75, 3.05) is 25.4 Å². The average Bonchev–Trinajstić information content (AvgIpc) is 3.22. The highest BCUT2D eigenvalue weighted by atomic mass is 32.2. The second kappa shape index (κ2) is 11.5. The standard InChI is InChI=1S/C29H34N6O2S/c1-4-5-11-25(36)34-15-14-33(17-21(34)3)26(37)19-38-29-30-28-27(31-32-29)23-16-20(2)12-13-24(23)35(28)18-22-9-7-6-8-10-22/h6-10,12-13,16,21H,4-5,11,14-15,17-19H2,1-3H3. The van der Waals surface area contributed by atoms with E-state index in [1.807, 2.05) is 34.9 Å². The minimum absolute atomic E-state index is 0.0217. The highest BCUT2D eigenvalue weighted by Gasteiger charge is 2.29. The summed E-state index contributed by atoms with van der Waals surface area (Å²) in [5, 5.41) is 10.4. The Balaban J connectivity index is 1.31. The maximum Gasteiger partial charge on any atom is 0.233 e. The number of carbonyl (C=O) groups is 2. The average molecular weight is 531 g/mol. The van der Waals surface area contributed by atoms with Crippen molar-refractivity contribution >= 4 is 45.6 Å². The lowest BCUT2D eigenvalue weighted by Gasteiger charge is -2.40. The van der Waals surface area contributed by atoms with Crippen molar-refractivity contribution in [3.63, 3.8) is 0 Å². The van der Waals surface area contributed by atoms with Crippen LogP contribution >= 0.6 is 11.8 Å². The number of thioether (sulfide) groups is 1. The maximum absolute atomic E-state index is 13.0. The minimum Gasteiger partial charge on any atom is -0.338 e. The van der Waals surface area contributed by atoms with Gasteiger partial charge in [-0.2, -0.15) is 0 Å². The lowest BCUT2D eigenvalue weighted by Crippen LogP contribution is -2.55. The van der Waals surface area contributed by atoms with Gasteiger partial charge in [0.05, 0.1) is 11.3 Å². The first-order valence-electron chi connectivity index (χ1n) is 13.3. The number of aryl methyl sites for hydroxylation is 1. The molecule has 198 valence electrons. The van der Waals surface area contributed by atoms with Crippen molar-refractivity contribution in [1.29, 1.82) is 0 Å². The smallest absolute Gasteiger partial charge is 0.233 e. The largest absolute Gasteiger partial charge is 0.338 e. The normalized spacial score (nSPS) is 15.9. The molecule has 9 heteroatoms. The van der Waals surface area contributed by atoms with E-state index >= 15 is 0 Å². The van der Waals surface area contributed by atoms with E-state index in [4.69, 9.17) is 4.98 Å². The van der Waals surface area contributed by atoms with Crippen LogP contribution in [0, 0.1) is 6.92 Å². The third kappa shape index (κ3) is 5.53. The van der Waals surface area contributed by atoms with Gasteiger partial charge in [-0.1, -0.05) is 67.1 Å². The van der Waals surface area contributed by atoms with Crippen molar-refractivity contribution < 1.29 is 9.59 Å². The second-order valence-electron chi connectivity index (χ2n) is 10.0. The van der Waals surface area contributed by atoms with E-state index in [0.717, 1.165) is 40.5 Å². The van der Waals surface area contributed by atoms with Crippen LogP contribution < -0.4 is 0 Å². The van der Waals surface area contributed by atoms with Crippen molar-refractivity contribution in [3.05, 3.63) is 59.7 Å². The summed E-state index contributed by atoms with van der Waals surface area (Å²) in [6.07, 6.45) is 2.49. The van der Waals surface area contributed by atoms with Gasteiger partial charge in [-0.3, -0.25) is 9.59 Å². The van der Waals surface area contributed by atoms with Crippen molar-refractivity contribution in [1.82, 2.24) is 29.5 Å². The Morgan fingerprint density at radius 3 is 2.63 bits per heavy atom. The number of amides is 2. The van der Waals surface area contributed by atoms with Crippen LogP contribution in [0.5, 0.6) is 0 Å². The van der Waals surface area contributed by atoms with Gasteiger partial charge in [-0.15, -0.1) is 10.2 Å². The highest BCUT2D eigenvalue weighted by molar-refractivity contribution is 7.99. The van der Waals surface area contributed by atoms with Gasteiger partial charge in [0.25, 0.3) is 0 Å². The summed E-state index contributed by atoms with van der Waals surface area (Å²) < 4.78 is 2.18. The number of benzene rings is 2. The third-order valence-corrected chi connectivity index (χ3v) is 7.98. The molecule has 0 spiro atoms. The zero-order valence-electron chi connectivity index (χ0n) is 22.3. The summed E-state index contributed by atoms with van der Waals surface area (Å²) in [6, 6.07) is 16.7. The predicted octanol–water partition coefficient (Wildman–Crippen LogP) is 4.68. The van der Waals surface area contributed by atoms with Crippen molar-refractivity contribution in [2.45, 2.75) is 57.8 Å². The van der Waals surface area contributed by atoms with Gasteiger partial charge < -0.3 is 14.4 Å². The number of hydrogen-bond acceptors (Lipinski definition) is 6. The van der Waals surface area contributed by atoms with Crippen LogP contribution in [0.1, 0.15) is 44.2 Å². The molecule has 1 fully saturated rings. The number of carbonyl (C=O) groups excluding carboxylic acids is 2. The molecule has 2 aromatic carbocycles. The minimum atomic E-state index is 0.0217. The number of hydrogen-bond donors (Lipinski definition) is 0. The Bertz CT molecular complexity index is 1450. The van der Waals surface area contributed by atoms with Crippen LogP contribution in [0.4, 0.5) is 0 Å². The van der Waals surface area contributed by atoms with Crippen LogP contribution in [-0.2, 0) is 16.1 Å². The van der Waals surface area contributed by atoms with Crippen LogP contribution in [0.25, 0.3) is 22.1 Å². The summed E-state index contributed by atoms with van der Waals surface area (Å²) in [7, 11) is 0. The molecule has 0 aliphatic carbocycles. The van der Waals surface area contributed by atoms with E-state index in [9.17, 15) is 9.59 Å². The molecule has 4 aromatic rings. The Morgan fingerprint density at radius 1 is 1.05 bits per heavy atom. The SMILES string of the molecule is CCCCC(=O)N1CCN(C(=O)CSc2nnc3c4cc(C)ccc4n(Cc4ccccc4)c3n2)CC1C. The van der Waals surface area contributed by atoms with Gasteiger partial charge in [0.2, 0.25) is 17.0 Å². The fourth-order valence-corrected chi connectivity index (χ4v) is 5.77. The number of rotatable bonds is 8. The molecule has 0 saturated carbocycles. The molecule has 2 aromatic heterocycles. The number of piperazine rings is 1. The van der Waals surface area contributed by atoms with Crippen molar-refractivity contribution in [3.8, 4) is 0 Å². The molecule has 38 heavy (non-hydrogen) atoms. The number of aromatic nitrogens is 4. The van der Waals surface area contributed by atoms with Gasteiger partial charge >= 0.3 is 0 Å². The van der Waals surface area contributed by atoms with Crippen LogP contribution in [0.3, 0.4) is 0 Å². The molecule has 1 unspecified atom stereocenters. The molecule has 3 heterocycles. The van der Waals surface area contributed by atoms with Gasteiger partial charge in [0.15, 0.2) is 5.65 Å². The molecule has 8 nitrogen and oxygen atoms in total. The molecular formula is C29H34N6O2S. The zero-order chi connectivity index (χ0) is 26.6. The van der Waals surface area contributed by atoms with Gasteiger partial charge in [-0.05, 0) is 38.0 Å². The first-order chi connectivity index (χ1) is 18.4. The molecular weight excluding hydrogens is 496 g/mol. The summed E-state index contributed by atoms with van der Waals surface area (Å²) in [4.78, 5) is 34.1. The molecule has 2 amide bonds. The van der Waals surface area contributed by atoms with Gasteiger partial charge in [0.1, 0.15) is 5.52 Å². The molecule has 0 bridgehead atoms. The van der Waals surface area contributed by atoms with E-state index in [-0.39, 0.29) is 23.6 Å². The fraction of sp³-hybridized carbons (Fsp3) is 0.414. The molecule has 1 saturated heterocycles. The first-order valence-corrected chi connectivity index (χ1v) is 14.3. The third-order valence-electron chi connectivity index (χ3n) is 7.16. The summed E-state index contributed by atoms with van der Waals surface area (Å²) in [5.74, 6) is 0.461. The lowest BCUT2D eigenvalue weighted by molar-refractivity contribution is -0.141. The monoisotopic (exact) mass is 530 g/mol. The summed E-state index contributed by atoms with van der Waals surface area (Å²) >= 11 is 1.31. The van der Waals surface area contributed by atoms with Crippen LogP contribution in [0.15, 0.2) is 53.7 Å². The first kappa shape index (κ1) is 26.2. The number of fused-ring (bicyclic) bond motifs is 3. The summed E-state index contributed by atoms with van der Waals surface area (Å²) in [6.45, 7) is 8.55. The van der Waals surface area contributed by atoms with Crippen LogP contribution in [-0.4, -0.2) is 72.8 Å². The van der Waals surface area contributed by atoms with E-state index in [2.05, 4.69) is 58.9 Å². The van der Waals surface area contributed by atoms with E-state index in [0.29, 0.717) is 37.8 Å².